The summed E-state index contributed by atoms with van der Waals surface area (Å²) < 4.78 is 13.7. The third-order valence-corrected chi connectivity index (χ3v) is 3.90. The van der Waals surface area contributed by atoms with Crippen molar-refractivity contribution in [2.75, 3.05) is 13.1 Å². The van der Waals surface area contributed by atoms with E-state index in [9.17, 15) is 9.18 Å². The molecule has 1 saturated heterocycles. The number of likely N-dealkylation sites (tertiary alicyclic amines) is 1. The van der Waals surface area contributed by atoms with Crippen LogP contribution in [0.1, 0.15) is 29.4 Å². The molecule has 1 aliphatic rings. The van der Waals surface area contributed by atoms with Crippen molar-refractivity contribution in [3.05, 3.63) is 63.6 Å². The molecule has 21 heavy (non-hydrogen) atoms. The topological polar surface area (TPSA) is 49.0 Å². The first kappa shape index (κ1) is 13.9. The third kappa shape index (κ3) is 3.19. The van der Waals surface area contributed by atoms with Crippen molar-refractivity contribution in [1.29, 1.82) is 0 Å². The van der Waals surface area contributed by atoms with E-state index >= 15 is 0 Å². The molecule has 2 aromatic rings. The molecule has 0 amide bonds. The van der Waals surface area contributed by atoms with Gasteiger partial charge >= 0.3 is 0 Å². The van der Waals surface area contributed by atoms with Crippen LogP contribution in [0.25, 0.3) is 0 Å². The Labute approximate surface area is 122 Å². The highest BCUT2D eigenvalue weighted by atomic mass is 19.1. The zero-order valence-electron chi connectivity index (χ0n) is 12.0. The SMILES string of the molecule is Cc1cc(=O)[nH]c([C@@H]2CCN(Cc3ccccc3F)C2)n1. The summed E-state index contributed by atoms with van der Waals surface area (Å²) in [6, 6.07) is 8.35. The Kier molecular flexibility index (Phi) is 3.84. The Morgan fingerprint density at radius 1 is 1.43 bits per heavy atom. The lowest BCUT2D eigenvalue weighted by molar-refractivity contribution is 0.320. The lowest BCUT2D eigenvalue weighted by atomic mass is 10.1. The van der Waals surface area contributed by atoms with E-state index in [2.05, 4.69) is 14.9 Å². The molecular weight excluding hydrogens is 269 g/mol. The molecule has 1 N–H and O–H groups in total. The molecule has 0 saturated carbocycles. The van der Waals surface area contributed by atoms with Crippen LogP contribution in [-0.4, -0.2) is 28.0 Å². The van der Waals surface area contributed by atoms with Crippen molar-refractivity contribution in [3.8, 4) is 0 Å². The Morgan fingerprint density at radius 3 is 3.00 bits per heavy atom. The van der Waals surface area contributed by atoms with E-state index in [1.807, 2.05) is 19.1 Å². The molecule has 5 heteroatoms. The van der Waals surface area contributed by atoms with Gasteiger partial charge in [0.1, 0.15) is 11.6 Å². The summed E-state index contributed by atoms with van der Waals surface area (Å²) in [5.74, 6) is 0.795. The molecule has 1 fully saturated rings. The molecule has 0 unspecified atom stereocenters. The second kappa shape index (κ2) is 5.77. The number of rotatable bonds is 3. The molecular formula is C16H18FN3O. The molecule has 0 spiro atoms. The van der Waals surface area contributed by atoms with Crippen LogP contribution in [0, 0.1) is 12.7 Å². The molecule has 0 radical (unpaired) electrons. The first-order chi connectivity index (χ1) is 10.1. The Morgan fingerprint density at radius 2 is 2.24 bits per heavy atom. The molecule has 1 aromatic carbocycles. The quantitative estimate of drug-likeness (QED) is 0.941. The average Bonchev–Trinajstić information content (AvgIpc) is 2.89. The van der Waals surface area contributed by atoms with Gasteiger partial charge in [0.25, 0.3) is 5.56 Å². The fourth-order valence-electron chi connectivity index (χ4n) is 2.86. The molecule has 110 valence electrons. The minimum absolute atomic E-state index is 0.106. The van der Waals surface area contributed by atoms with Gasteiger partial charge in [0.2, 0.25) is 0 Å². The summed E-state index contributed by atoms with van der Waals surface area (Å²) >= 11 is 0. The zero-order valence-corrected chi connectivity index (χ0v) is 12.0. The zero-order chi connectivity index (χ0) is 14.8. The first-order valence-corrected chi connectivity index (χ1v) is 7.15. The fourth-order valence-corrected chi connectivity index (χ4v) is 2.86. The van der Waals surface area contributed by atoms with Crippen molar-refractivity contribution in [2.24, 2.45) is 0 Å². The van der Waals surface area contributed by atoms with E-state index in [1.54, 1.807) is 6.07 Å². The molecule has 1 aromatic heterocycles. The van der Waals surface area contributed by atoms with E-state index < -0.39 is 0 Å². The van der Waals surface area contributed by atoms with Crippen molar-refractivity contribution < 1.29 is 4.39 Å². The minimum Gasteiger partial charge on any atom is -0.310 e. The predicted octanol–water partition coefficient (Wildman–Crippen LogP) is 2.21. The fraction of sp³-hybridized carbons (Fsp3) is 0.375. The summed E-state index contributed by atoms with van der Waals surface area (Å²) in [5, 5.41) is 0. The predicted molar refractivity (Wildman–Crippen MR) is 78.6 cm³/mol. The van der Waals surface area contributed by atoms with Crippen molar-refractivity contribution in [3.63, 3.8) is 0 Å². The monoisotopic (exact) mass is 287 g/mol. The van der Waals surface area contributed by atoms with Crippen LogP contribution in [0.2, 0.25) is 0 Å². The van der Waals surface area contributed by atoms with Crippen LogP contribution in [0.5, 0.6) is 0 Å². The van der Waals surface area contributed by atoms with Crippen LogP contribution in [0.3, 0.4) is 0 Å². The summed E-state index contributed by atoms with van der Waals surface area (Å²) in [6.45, 7) is 4.10. The van der Waals surface area contributed by atoms with Gasteiger partial charge in [-0.2, -0.15) is 0 Å². The second-order valence-electron chi connectivity index (χ2n) is 5.58. The van der Waals surface area contributed by atoms with Gasteiger partial charge in [0, 0.05) is 36.3 Å². The standard InChI is InChI=1S/C16H18FN3O/c1-11-8-15(21)19-16(18-11)13-6-7-20(10-13)9-12-4-2-3-5-14(12)17/h2-5,8,13H,6-7,9-10H2,1H3,(H,18,19,21)/t13-/m1/s1. The number of hydrogen-bond acceptors (Lipinski definition) is 3. The van der Waals surface area contributed by atoms with E-state index in [0.29, 0.717) is 12.1 Å². The van der Waals surface area contributed by atoms with Gasteiger partial charge < -0.3 is 4.98 Å². The lowest BCUT2D eigenvalue weighted by Gasteiger charge is -2.16. The second-order valence-corrected chi connectivity index (χ2v) is 5.58. The normalized spacial score (nSPS) is 19.0. The van der Waals surface area contributed by atoms with Crippen LogP contribution in [-0.2, 0) is 6.54 Å². The maximum Gasteiger partial charge on any atom is 0.251 e. The smallest absolute Gasteiger partial charge is 0.251 e. The number of aromatic amines is 1. The van der Waals surface area contributed by atoms with Gasteiger partial charge in [-0.1, -0.05) is 18.2 Å². The summed E-state index contributed by atoms with van der Waals surface area (Å²) in [6.07, 6.45) is 0.931. The number of benzene rings is 1. The highest BCUT2D eigenvalue weighted by molar-refractivity contribution is 5.17. The van der Waals surface area contributed by atoms with Crippen LogP contribution >= 0.6 is 0 Å². The molecule has 2 heterocycles. The average molecular weight is 287 g/mol. The lowest BCUT2D eigenvalue weighted by Crippen LogP contribution is -2.22. The molecule has 4 nitrogen and oxygen atoms in total. The van der Waals surface area contributed by atoms with E-state index in [1.165, 1.54) is 12.1 Å². The third-order valence-electron chi connectivity index (χ3n) is 3.90. The van der Waals surface area contributed by atoms with Gasteiger partial charge in [-0.15, -0.1) is 0 Å². The summed E-state index contributed by atoms with van der Waals surface area (Å²) in [7, 11) is 0. The largest absolute Gasteiger partial charge is 0.310 e. The van der Waals surface area contributed by atoms with Crippen molar-refractivity contribution >= 4 is 0 Å². The van der Waals surface area contributed by atoms with Crippen LogP contribution in [0.4, 0.5) is 4.39 Å². The first-order valence-electron chi connectivity index (χ1n) is 7.15. The number of nitrogens with zero attached hydrogens (tertiary/aromatic N) is 2. The molecule has 1 atom stereocenters. The molecule has 0 bridgehead atoms. The number of nitrogens with one attached hydrogen (secondary N) is 1. The molecule has 0 aliphatic carbocycles. The summed E-state index contributed by atoms with van der Waals surface area (Å²) in [5.41, 5.74) is 1.34. The Balaban J connectivity index is 1.71. The number of halogens is 1. The van der Waals surface area contributed by atoms with E-state index in [-0.39, 0.29) is 17.3 Å². The van der Waals surface area contributed by atoms with Crippen LogP contribution in [0.15, 0.2) is 35.1 Å². The van der Waals surface area contributed by atoms with E-state index in [0.717, 1.165) is 31.0 Å². The van der Waals surface area contributed by atoms with Crippen LogP contribution < -0.4 is 5.56 Å². The van der Waals surface area contributed by atoms with Crippen molar-refractivity contribution in [2.45, 2.75) is 25.8 Å². The number of hydrogen-bond donors (Lipinski definition) is 1. The van der Waals surface area contributed by atoms with Gasteiger partial charge in [0.05, 0.1) is 0 Å². The molecule has 1 aliphatic heterocycles. The maximum absolute atomic E-state index is 13.7. The van der Waals surface area contributed by atoms with Crippen molar-refractivity contribution in [1.82, 2.24) is 14.9 Å². The van der Waals surface area contributed by atoms with E-state index in [4.69, 9.17) is 0 Å². The minimum atomic E-state index is -0.164. The molecule has 3 rings (SSSR count). The Bertz CT molecular complexity index is 698. The highest BCUT2D eigenvalue weighted by Gasteiger charge is 2.26. The number of aromatic nitrogens is 2. The van der Waals surface area contributed by atoms with Gasteiger partial charge in [0.15, 0.2) is 0 Å². The maximum atomic E-state index is 13.7. The number of aryl methyl sites for hydroxylation is 1. The van der Waals surface area contributed by atoms with Gasteiger partial charge in [-0.3, -0.25) is 9.69 Å². The van der Waals surface area contributed by atoms with Gasteiger partial charge in [-0.25, -0.2) is 9.37 Å². The number of H-pyrrole nitrogens is 1. The summed E-state index contributed by atoms with van der Waals surface area (Å²) in [4.78, 5) is 21.0. The highest BCUT2D eigenvalue weighted by Crippen LogP contribution is 2.25. The van der Waals surface area contributed by atoms with Gasteiger partial charge in [-0.05, 0) is 26.0 Å². The Hall–Kier alpha value is -2.01.